The molecule has 15 heavy (non-hydrogen) atoms. The monoisotopic (exact) mass is 209 g/mol. The molecule has 0 aliphatic heterocycles. The van der Waals surface area contributed by atoms with Crippen LogP contribution >= 0.6 is 0 Å². The maximum atomic E-state index is 9.51. The van der Waals surface area contributed by atoms with E-state index in [2.05, 4.69) is 0 Å². The summed E-state index contributed by atoms with van der Waals surface area (Å²) in [5, 5.41) is 9.51. The molecule has 0 saturated heterocycles. The number of aryl methyl sites for hydroxylation is 1. The molecule has 0 spiro atoms. The van der Waals surface area contributed by atoms with E-state index in [1.807, 2.05) is 25.1 Å². The first kappa shape index (κ1) is 11.9. The summed E-state index contributed by atoms with van der Waals surface area (Å²) in [5.74, 6) is 0.694. The zero-order valence-electron chi connectivity index (χ0n) is 9.58. The molecule has 1 aromatic rings. The minimum Gasteiger partial charge on any atom is -0.491 e. The van der Waals surface area contributed by atoms with Gasteiger partial charge in [-0.3, -0.25) is 0 Å². The maximum Gasteiger partial charge on any atom is 0.142 e. The average molecular weight is 209 g/mol. The van der Waals surface area contributed by atoms with Gasteiger partial charge in [0, 0.05) is 6.42 Å². The Hall–Kier alpha value is -1.22. The van der Waals surface area contributed by atoms with E-state index in [-0.39, 0.29) is 0 Å². The van der Waals surface area contributed by atoms with Gasteiger partial charge in [0.2, 0.25) is 0 Å². The highest BCUT2D eigenvalue weighted by Crippen LogP contribution is 2.24. The third-order valence-electron chi connectivity index (χ3n) is 2.26. The van der Waals surface area contributed by atoms with Crippen molar-refractivity contribution < 1.29 is 9.84 Å². The molecule has 0 bridgehead atoms. The molecular weight excluding hydrogens is 190 g/mol. The van der Waals surface area contributed by atoms with Crippen LogP contribution in [0.15, 0.2) is 18.2 Å². The molecule has 84 valence electrons. The number of rotatable bonds is 4. The first-order valence-electron chi connectivity index (χ1n) is 5.10. The second-order valence-electron chi connectivity index (χ2n) is 4.40. The summed E-state index contributed by atoms with van der Waals surface area (Å²) in [5.41, 5.74) is 6.83. The Balaban J connectivity index is 2.55. The molecule has 0 atom stereocenters. The quantitative estimate of drug-likeness (QED) is 0.747. The van der Waals surface area contributed by atoms with E-state index in [1.165, 1.54) is 0 Å². The fourth-order valence-electron chi connectivity index (χ4n) is 1.19. The van der Waals surface area contributed by atoms with E-state index >= 15 is 0 Å². The molecule has 0 aromatic heterocycles. The number of hydrogen-bond donors (Lipinski definition) is 2. The lowest BCUT2D eigenvalue weighted by atomic mass is 10.1. The van der Waals surface area contributed by atoms with E-state index in [9.17, 15) is 5.11 Å². The number of benzene rings is 1. The second kappa shape index (κ2) is 4.53. The summed E-state index contributed by atoms with van der Waals surface area (Å²) >= 11 is 0. The van der Waals surface area contributed by atoms with E-state index in [1.54, 1.807) is 13.8 Å². The van der Waals surface area contributed by atoms with Gasteiger partial charge in [0.25, 0.3) is 0 Å². The molecule has 1 rings (SSSR count). The first-order valence-corrected chi connectivity index (χ1v) is 5.10. The van der Waals surface area contributed by atoms with Crippen LogP contribution in [0.1, 0.15) is 25.8 Å². The van der Waals surface area contributed by atoms with Crippen molar-refractivity contribution in [2.24, 2.45) is 0 Å². The predicted octanol–water partition coefficient (Wildman–Crippen LogP) is 2.12. The Kier molecular flexibility index (Phi) is 3.58. The van der Waals surface area contributed by atoms with Crippen LogP contribution in [0.3, 0.4) is 0 Å². The normalized spacial score (nSPS) is 11.5. The Labute approximate surface area is 90.9 Å². The molecule has 0 aliphatic rings. The molecule has 3 heteroatoms. The molecule has 0 saturated carbocycles. The molecule has 1 aromatic carbocycles. The fraction of sp³-hybridized carbons (Fsp3) is 0.500. The maximum absolute atomic E-state index is 9.51. The van der Waals surface area contributed by atoms with Gasteiger partial charge in [-0.05, 0) is 32.4 Å². The molecule has 0 heterocycles. The molecular formula is C12H19NO2. The fourth-order valence-corrected chi connectivity index (χ4v) is 1.19. The minimum absolute atomic E-state index is 0.469. The molecule has 0 fully saturated rings. The molecule has 0 amide bonds. The van der Waals surface area contributed by atoms with Gasteiger partial charge in [0.05, 0.1) is 17.9 Å². The summed E-state index contributed by atoms with van der Waals surface area (Å²) in [6, 6.07) is 5.69. The number of nitrogen functional groups attached to an aromatic ring is 1. The highest BCUT2D eigenvalue weighted by atomic mass is 16.5. The zero-order chi connectivity index (χ0) is 11.5. The summed E-state index contributed by atoms with van der Waals surface area (Å²) < 4.78 is 5.51. The largest absolute Gasteiger partial charge is 0.491 e. The van der Waals surface area contributed by atoms with E-state index in [0.717, 1.165) is 5.56 Å². The molecule has 3 N–H and O–H groups in total. The number of nitrogens with two attached hydrogens (primary N) is 1. The van der Waals surface area contributed by atoms with Crippen LogP contribution in [0.5, 0.6) is 5.75 Å². The number of anilines is 1. The Morgan fingerprint density at radius 2 is 2.07 bits per heavy atom. The van der Waals surface area contributed by atoms with Crippen LogP contribution < -0.4 is 10.5 Å². The third-order valence-corrected chi connectivity index (χ3v) is 2.26. The van der Waals surface area contributed by atoms with Gasteiger partial charge in [0.1, 0.15) is 5.75 Å². The summed E-state index contributed by atoms with van der Waals surface area (Å²) in [4.78, 5) is 0. The number of para-hydroxylation sites is 1. The lowest BCUT2D eigenvalue weighted by Gasteiger charge is -2.17. The van der Waals surface area contributed by atoms with Gasteiger partial charge in [-0.15, -0.1) is 0 Å². The SMILES string of the molecule is Cc1cccc(OCCC(C)(C)O)c1N. The van der Waals surface area contributed by atoms with Crippen LogP contribution in [0.2, 0.25) is 0 Å². The molecule has 0 radical (unpaired) electrons. The standard InChI is InChI=1S/C12H19NO2/c1-9-5-4-6-10(11(9)13)15-8-7-12(2,3)14/h4-6,14H,7-8,13H2,1-3H3. The highest BCUT2D eigenvalue weighted by molar-refractivity contribution is 5.57. The second-order valence-corrected chi connectivity index (χ2v) is 4.40. The molecule has 0 aliphatic carbocycles. The smallest absolute Gasteiger partial charge is 0.142 e. The van der Waals surface area contributed by atoms with Crippen molar-refractivity contribution in [3.63, 3.8) is 0 Å². The topological polar surface area (TPSA) is 55.5 Å². The Morgan fingerprint density at radius 3 is 2.67 bits per heavy atom. The number of ether oxygens (including phenoxy) is 1. The van der Waals surface area contributed by atoms with Crippen molar-refractivity contribution in [2.45, 2.75) is 32.8 Å². The number of aliphatic hydroxyl groups is 1. The van der Waals surface area contributed by atoms with E-state index in [0.29, 0.717) is 24.5 Å². The van der Waals surface area contributed by atoms with Crippen LogP contribution in [0.4, 0.5) is 5.69 Å². The third kappa shape index (κ3) is 3.80. The molecule has 3 nitrogen and oxygen atoms in total. The van der Waals surface area contributed by atoms with Gasteiger partial charge in [0.15, 0.2) is 0 Å². The summed E-state index contributed by atoms with van der Waals surface area (Å²) in [7, 11) is 0. The predicted molar refractivity (Wildman–Crippen MR) is 62.0 cm³/mol. The van der Waals surface area contributed by atoms with Crippen molar-refractivity contribution >= 4 is 5.69 Å². The lowest BCUT2D eigenvalue weighted by Crippen LogP contribution is -2.22. The molecule has 0 unspecified atom stereocenters. The van der Waals surface area contributed by atoms with Gasteiger partial charge >= 0.3 is 0 Å². The van der Waals surface area contributed by atoms with Crippen molar-refractivity contribution in [3.05, 3.63) is 23.8 Å². The van der Waals surface area contributed by atoms with Gasteiger partial charge < -0.3 is 15.6 Å². The summed E-state index contributed by atoms with van der Waals surface area (Å²) in [6.45, 7) is 5.93. The number of hydrogen-bond acceptors (Lipinski definition) is 3. The summed E-state index contributed by atoms with van der Waals surface area (Å²) in [6.07, 6.45) is 0.584. The van der Waals surface area contributed by atoms with Crippen molar-refractivity contribution in [1.29, 1.82) is 0 Å². The van der Waals surface area contributed by atoms with Gasteiger partial charge in [-0.25, -0.2) is 0 Å². The Bertz CT molecular complexity index is 329. The van der Waals surface area contributed by atoms with Gasteiger partial charge in [-0.1, -0.05) is 12.1 Å². The Morgan fingerprint density at radius 1 is 1.40 bits per heavy atom. The highest BCUT2D eigenvalue weighted by Gasteiger charge is 2.12. The van der Waals surface area contributed by atoms with E-state index in [4.69, 9.17) is 10.5 Å². The van der Waals surface area contributed by atoms with Crippen LogP contribution in [0, 0.1) is 6.92 Å². The van der Waals surface area contributed by atoms with Gasteiger partial charge in [-0.2, -0.15) is 0 Å². The minimum atomic E-state index is -0.696. The van der Waals surface area contributed by atoms with Crippen LogP contribution in [-0.4, -0.2) is 17.3 Å². The van der Waals surface area contributed by atoms with Crippen LogP contribution in [-0.2, 0) is 0 Å². The average Bonchev–Trinajstić information content (AvgIpc) is 2.10. The van der Waals surface area contributed by atoms with Crippen molar-refractivity contribution in [1.82, 2.24) is 0 Å². The zero-order valence-corrected chi connectivity index (χ0v) is 9.58. The van der Waals surface area contributed by atoms with Crippen molar-refractivity contribution in [2.75, 3.05) is 12.3 Å². The lowest BCUT2D eigenvalue weighted by molar-refractivity contribution is 0.0554. The van der Waals surface area contributed by atoms with Crippen LogP contribution in [0.25, 0.3) is 0 Å². The van der Waals surface area contributed by atoms with E-state index < -0.39 is 5.60 Å². The first-order chi connectivity index (χ1) is 6.90. The van der Waals surface area contributed by atoms with Crippen molar-refractivity contribution in [3.8, 4) is 5.75 Å².